The van der Waals surface area contributed by atoms with Crippen LogP contribution < -0.4 is 10.2 Å². The van der Waals surface area contributed by atoms with Crippen LogP contribution in [0.1, 0.15) is 6.42 Å². The number of fused-ring (bicyclic) bond motifs is 2. The second-order valence-electron chi connectivity index (χ2n) is 4.95. The number of nitrogens with zero attached hydrogens (tertiary/aromatic N) is 1. The molecule has 0 unspecified atom stereocenters. The Bertz CT molecular complexity index is 630. The van der Waals surface area contributed by atoms with Crippen LogP contribution >= 0.6 is 23.5 Å². The van der Waals surface area contributed by atoms with Crippen molar-refractivity contribution in [2.45, 2.75) is 16.2 Å². The summed E-state index contributed by atoms with van der Waals surface area (Å²) in [4.78, 5) is 16.7. The zero-order valence-electron chi connectivity index (χ0n) is 12.4. The molecule has 5 heteroatoms. The van der Waals surface area contributed by atoms with E-state index in [-0.39, 0.29) is 6.03 Å². The van der Waals surface area contributed by atoms with Crippen molar-refractivity contribution in [3.8, 4) is 0 Å². The Balaban J connectivity index is 1.88. The van der Waals surface area contributed by atoms with E-state index in [0.29, 0.717) is 6.54 Å². The van der Waals surface area contributed by atoms with Gasteiger partial charge in [-0.25, -0.2) is 4.79 Å². The third-order valence-corrected chi connectivity index (χ3v) is 5.26. The molecular formula is C17H18N2OS2. The summed E-state index contributed by atoms with van der Waals surface area (Å²) in [6, 6.07) is 16.0. The van der Waals surface area contributed by atoms with Gasteiger partial charge >= 0.3 is 6.03 Å². The van der Waals surface area contributed by atoms with Gasteiger partial charge in [0.05, 0.1) is 11.4 Å². The first kappa shape index (κ1) is 15.3. The van der Waals surface area contributed by atoms with Crippen LogP contribution in [0.3, 0.4) is 0 Å². The third kappa shape index (κ3) is 3.10. The average Bonchev–Trinajstić information content (AvgIpc) is 2.56. The summed E-state index contributed by atoms with van der Waals surface area (Å²) in [5.41, 5.74) is 1.90. The molecule has 0 atom stereocenters. The summed E-state index contributed by atoms with van der Waals surface area (Å²) >= 11 is 3.51. The predicted octanol–water partition coefficient (Wildman–Crippen LogP) is 4.75. The minimum Gasteiger partial charge on any atom is -0.337 e. The van der Waals surface area contributed by atoms with Crippen molar-refractivity contribution in [2.24, 2.45) is 0 Å². The van der Waals surface area contributed by atoms with Gasteiger partial charge in [0, 0.05) is 16.3 Å². The molecule has 1 heterocycles. The molecule has 1 aliphatic heterocycles. The van der Waals surface area contributed by atoms with Gasteiger partial charge in [-0.15, -0.1) is 0 Å². The van der Waals surface area contributed by atoms with E-state index >= 15 is 0 Å². The van der Waals surface area contributed by atoms with Crippen LogP contribution in [-0.4, -0.2) is 24.6 Å². The van der Waals surface area contributed by atoms with Gasteiger partial charge in [0.1, 0.15) is 0 Å². The molecule has 22 heavy (non-hydrogen) atoms. The van der Waals surface area contributed by atoms with Crippen molar-refractivity contribution in [3.05, 3.63) is 48.5 Å². The van der Waals surface area contributed by atoms with Gasteiger partial charge < -0.3 is 5.32 Å². The number of hydrogen-bond donors (Lipinski definition) is 1. The van der Waals surface area contributed by atoms with Crippen LogP contribution in [-0.2, 0) is 0 Å². The lowest BCUT2D eigenvalue weighted by Crippen LogP contribution is -2.38. The van der Waals surface area contributed by atoms with Gasteiger partial charge in [-0.2, -0.15) is 11.8 Å². The largest absolute Gasteiger partial charge is 0.337 e. The van der Waals surface area contributed by atoms with E-state index in [2.05, 4.69) is 23.7 Å². The molecule has 0 saturated heterocycles. The summed E-state index contributed by atoms with van der Waals surface area (Å²) in [5, 5.41) is 3.03. The molecule has 0 fully saturated rings. The second kappa shape index (κ2) is 7.11. The summed E-state index contributed by atoms with van der Waals surface area (Å²) in [7, 11) is 0. The fourth-order valence-electron chi connectivity index (χ4n) is 2.41. The van der Waals surface area contributed by atoms with E-state index in [1.165, 1.54) is 0 Å². The first-order chi connectivity index (χ1) is 10.8. The quantitative estimate of drug-likeness (QED) is 0.821. The number of carbonyl (C=O) groups is 1. The van der Waals surface area contributed by atoms with Crippen LogP contribution in [0.15, 0.2) is 58.3 Å². The van der Waals surface area contributed by atoms with E-state index in [1.54, 1.807) is 28.4 Å². The zero-order valence-corrected chi connectivity index (χ0v) is 14.0. The molecule has 3 nitrogen and oxygen atoms in total. The molecule has 0 aromatic heterocycles. The fourth-order valence-corrected chi connectivity index (χ4v) is 3.91. The van der Waals surface area contributed by atoms with Crippen LogP contribution in [0.25, 0.3) is 0 Å². The van der Waals surface area contributed by atoms with Gasteiger partial charge in [0.2, 0.25) is 0 Å². The smallest absolute Gasteiger partial charge is 0.326 e. The average molecular weight is 330 g/mol. The maximum Gasteiger partial charge on any atom is 0.326 e. The second-order valence-corrected chi connectivity index (χ2v) is 7.02. The SMILES string of the molecule is CSCCCNC(=O)N1c2ccccc2Sc2ccccc21. The molecule has 0 radical (unpaired) electrons. The number of thioether (sulfide) groups is 1. The maximum absolute atomic E-state index is 12.7. The molecule has 114 valence electrons. The topological polar surface area (TPSA) is 32.3 Å². The van der Waals surface area contributed by atoms with Crippen molar-refractivity contribution < 1.29 is 4.79 Å². The number of urea groups is 1. The van der Waals surface area contributed by atoms with Crippen molar-refractivity contribution in [3.63, 3.8) is 0 Å². The molecule has 0 bridgehead atoms. The van der Waals surface area contributed by atoms with Crippen LogP contribution in [0.4, 0.5) is 16.2 Å². The molecule has 3 rings (SSSR count). The zero-order chi connectivity index (χ0) is 15.4. The molecule has 2 aromatic rings. The predicted molar refractivity (Wildman–Crippen MR) is 95.5 cm³/mol. The van der Waals surface area contributed by atoms with Crippen molar-refractivity contribution in [1.29, 1.82) is 0 Å². The summed E-state index contributed by atoms with van der Waals surface area (Å²) in [6.45, 7) is 0.702. The van der Waals surface area contributed by atoms with Gasteiger partial charge in [-0.3, -0.25) is 4.90 Å². The molecule has 1 N–H and O–H groups in total. The minimum atomic E-state index is -0.0543. The van der Waals surface area contributed by atoms with Crippen molar-refractivity contribution in [2.75, 3.05) is 23.5 Å². The Morgan fingerprint density at radius 1 is 1.09 bits per heavy atom. The number of rotatable bonds is 4. The van der Waals surface area contributed by atoms with Gasteiger partial charge in [0.15, 0.2) is 0 Å². The minimum absolute atomic E-state index is 0.0543. The Hall–Kier alpha value is -1.59. The number of hydrogen-bond acceptors (Lipinski definition) is 3. The highest BCUT2D eigenvalue weighted by Gasteiger charge is 2.27. The molecular weight excluding hydrogens is 312 g/mol. The Morgan fingerprint density at radius 2 is 1.68 bits per heavy atom. The Kier molecular flexibility index (Phi) is 4.95. The van der Waals surface area contributed by atoms with E-state index < -0.39 is 0 Å². The Morgan fingerprint density at radius 3 is 2.27 bits per heavy atom. The maximum atomic E-state index is 12.7. The van der Waals surface area contributed by atoms with Crippen LogP contribution in [0, 0.1) is 0 Å². The molecule has 0 spiro atoms. The first-order valence-electron chi connectivity index (χ1n) is 7.24. The summed E-state index contributed by atoms with van der Waals surface area (Å²) < 4.78 is 0. The van der Waals surface area contributed by atoms with E-state index in [9.17, 15) is 4.79 Å². The monoisotopic (exact) mass is 330 g/mol. The van der Waals surface area contributed by atoms with Gasteiger partial charge in [-0.1, -0.05) is 36.0 Å². The normalized spacial score (nSPS) is 12.5. The Labute approximate surface area is 139 Å². The van der Waals surface area contributed by atoms with E-state index in [0.717, 1.165) is 33.3 Å². The van der Waals surface area contributed by atoms with Crippen molar-refractivity contribution in [1.82, 2.24) is 5.32 Å². The van der Waals surface area contributed by atoms with Gasteiger partial charge in [-0.05, 0) is 42.7 Å². The molecule has 0 aliphatic carbocycles. The highest BCUT2D eigenvalue weighted by Crippen LogP contribution is 2.47. The molecule has 0 saturated carbocycles. The number of amides is 2. The third-order valence-electron chi connectivity index (χ3n) is 3.44. The molecule has 2 aromatic carbocycles. The highest BCUT2D eigenvalue weighted by atomic mass is 32.2. The number of para-hydroxylation sites is 2. The van der Waals surface area contributed by atoms with E-state index in [1.807, 2.05) is 36.4 Å². The molecule has 2 amide bonds. The lowest BCUT2D eigenvalue weighted by Gasteiger charge is -2.31. The summed E-state index contributed by atoms with van der Waals surface area (Å²) in [5.74, 6) is 1.06. The lowest BCUT2D eigenvalue weighted by atomic mass is 10.2. The van der Waals surface area contributed by atoms with Crippen LogP contribution in [0.5, 0.6) is 0 Å². The number of benzene rings is 2. The number of anilines is 2. The summed E-state index contributed by atoms with van der Waals surface area (Å²) in [6.07, 6.45) is 3.06. The lowest BCUT2D eigenvalue weighted by molar-refractivity contribution is 0.248. The van der Waals surface area contributed by atoms with Crippen molar-refractivity contribution >= 4 is 40.9 Å². The van der Waals surface area contributed by atoms with Crippen LogP contribution in [0.2, 0.25) is 0 Å². The fraction of sp³-hybridized carbons (Fsp3) is 0.235. The number of nitrogens with one attached hydrogen (secondary N) is 1. The van der Waals surface area contributed by atoms with E-state index in [4.69, 9.17) is 0 Å². The molecule has 1 aliphatic rings. The highest BCUT2D eigenvalue weighted by molar-refractivity contribution is 7.99. The standard InChI is InChI=1S/C17H18N2OS2/c1-21-12-6-11-18-17(20)19-13-7-2-4-9-15(13)22-16-10-5-3-8-14(16)19/h2-5,7-10H,6,11-12H2,1H3,(H,18,20). The van der Waals surface area contributed by atoms with Gasteiger partial charge in [0.25, 0.3) is 0 Å². The number of carbonyl (C=O) groups excluding carboxylic acids is 1. The first-order valence-corrected chi connectivity index (χ1v) is 9.45.